The first-order valence-corrected chi connectivity index (χ1v) is 27.6. The van der Waals surface area contributed by atoms with Gasteiger partial charge in [-0.2, -0.15) is 0 Å². The Kier molecular flexibility index (Phi) is 24.0. The lowest BCUT2D eigenvalue weighted by molar-refractivity contribution is -0.384. The van der Waals surface area contributed by atoms with Gasteiger partial charge in [-0.25, -0.2) is 4.79 Å². The predicted octanol–water partition coefficient (Wildman–Crippen LogP) is 9.30. The van der Waals surface area contributed by atoms with Gasteiger partial charge in [0.1, 0.15) is 36.2 Å². The number of nitrogens with zero attached hydrogens (tertiary/aromatic N) is 2. The summed E-state index contributed by atoms with van der Waals surface area (Å²) in [6.07, 6.45) is 13.6. The molecule has 3 fully saturated rings. The van der Waals surface area contributed by atoms with Crippen molar-refractivity contribution in [2.75, 3.05) is 27.9 Å². The number of rotatable bonds is 9. The molecule has 0 aromatic heterocycles. The van der Waals surface area contributed by atoms with Gasteiger partial charge < -0.3 is 48.3 Å². The molecule has 0 spiro atoms. The highest BCUT2D eigenvalue weighted by Gasteiger charge is 2.53. The Morgan fingerprint density at radius 1 is 0.855 bits per heavy atom. The number of aliphatic hydroxyl groups is 2. The molecule has 5 rings (SSSR count). The van der Waals surface area contributed by atoms with Crippen molar-refractivity contribution in [3.05, 3.63) is 82.0 Å². The molecule has 422 valence electrons. The van der Waals surface area contributed by atoms with Gasteiger partial charge in [-0.05, 0) is 138 Å². The summed E-state index contributed by atoms with van der Waals surface area (Å²) in [6, 6.07) is 4.45. The number of thiocarbonyl (C=S) groups is 1. The minimum Gasteiger partial charge on any atom is -0.461 e. The van der Waals surface area contributed by atoms with Crippen LogP contribution in [0.5, 0.6) is 5.75 Å². The number of carbonyl (C=O) groups excluding carboxylic acids is 4. The maximum Gasteiger partial charge on any atom is 0.358 e. The Morgan fingerprint density at radius 2 is 1.58 bits per heavy atom. The third-order valence-corrected chi connectivity index (χ3v) is 16.2. The second-order valence-electron chi connectivity index (χ2n) is 21.9. The molecule has 15 atom stereocenters. The zero-order valence-electron chi connectivity index (χ0n) is 46.3. The van der Waals surface area contributed by atoms with Crippen LogP contribution >= 0.6 is 12.2 Å². The van der Waals surface area contributed by atoms with Gasteiger partial charge >= 0.3 is 11.2 Å². The van der Waals surface area contributed by atoms with Gasteiger partial charge in [0.25, 0.3) is 17.4 Å². The number of Topliss-reactive ketones (excluding diaryl/α,β-unsaturated/α-hetero) is 2. The number of cyclic esters (lactones) is 1. The maximum absolute atomic E-state index is 14.6. The molecule has 2 bridgehead atoms. The van der Waals surface area contributed by atoms with E-state index in [1.54, 1.807) is 28.1 Å². The molecule has 1 amide bonds. The van der Waals surface area contributed by atoms with Crippen molar-refractivity contribution in [2.24, 2.45) is 35.5 Å². The molecule has 1 aromatic carbocycles. The Labute approximate surface area is 454 Å². The third kappa shape index (κ3) is 16.9. The van der Waals surface area contributed by atoms with Gasteiger partial charge in [0, 0.05) is 70.5 Å². The predicted molar refractivity (Wildman–Crippen MR) is 290 cm³/mol. The van der Waals surface area contributed by atoms with Crippen LogP contribution in [-0.2, 0) is 47.6 Å². The Hall–Kier alpha value is -4.69. The van der Waals surface area contributed by atoms with Crippen LogP contribution in [0, 0.1) is 45.6 Å². The fourth-order valence-corrected chi connectivity index (χ4v) is 11.5. The summed E-state index contributed by atoms with van der Waals surface area (Å²) in [5.74, 6) is -6.30. The minimum atomic E-state index is -2.42. The quantitative estimate of drug-likeness (QED) is 0.0588. The molecule has 1 aromatic rings. The van der Waals surface area contributed by atoms with Gasteiger partial charge in [-0.3, -0.25) is 24.5 Å². The largest absolute Gasteiger partial charge is 0.461 e. The van der Waals surface area contributed by atoms with E-state index < -0.39 is 82.9 Å². The maximum atomic E-state index is 14.6. The molecule has 18 heteroatoms. The van der Waals surface area contributed by atoms with Crippen LogP contribution < -0.4 is 4.74 Å². The Morgan fingerprint density at radius 3 is 2.25 bits per heavy atom. The number of methoxy groups -OCH3 is 3. The first-order valence-electron chi connectivity index (χ1n) is 27.2. The van der Waals surface area contributed by atoms with E-state index in [0.29, 0.717) is 82.0 Å². The number of amides is 1. The smallest absolute Gasteiger partial charge is 0.358 e. The molecule has 4 aliphatic rings. The molecule has 3 aliphatic heterocycles. The second kappa shape index (κ2) is 29.3. The molecule has 2 N–H and O–H groups in total. The topological polar surface area (TPSA) is 220 Å². The minimum absolute atomic E-state index is 0.0411. The van der Waals surface area contributed by atoms with E-state index in [4.69, 9.17) is 45.4 Å². The highest BCUT2D eigenvalue weighted by molar-refractivity contribution is 7.79. The van der Waals surface area contributed by atoms with E-state index in [-0.39, 0.29) is 59.4 Å². The summed E-state index contributed by atoms with van der Waals surface area (Å²) < 4.78 is 41.9. The normalized spacial score (nSPS) is 34.9. The van der Waals surface area contributed by atoms with Crippen LogP contribution in [0.2, 0.25) is 0 Å². The molecular formula is C58H84N2O15S. The number of ether oxygens (including phenoxy) is 7. The zero-order chi connectivity index (χ0) is 55.9. The summed E-state index contributed by atoms with van der Waals surface area (Å²) in [5, 5.41) is 34.6. The summed E-state index contributed by atoms with van der Waals surface area (Å²) in [7, 11) is 4.61. The number of ketones is 2. The molecule has 0 unspecified atom stereocenters. The van der Waals surface area contributed by atoms with E-state index >= 15 is 0 Å². The SMILES string of the molecule is CO[C@H]1C[C@@H]2CC[C@@H](C)[C@@](O)(O2)C(=O)C(=O)N2CCCC[C@H]2C(=O)O[C@H]([C@H](C)C[C@@H]2CC[C@@H](OC(=S)Oc3ccc([N+](=O)[O-])cc3)[C@H](OC)C2)CC[C@H](C)/C=C(\C)[C@@H](O)[C@@H](OC)C(=O)[C@H](C)C[C@H](C)/C=C/C=CC=C1C. The lowest BCUT2D eigenvalue weighted by Crippen LogP contribution is -2.61. The van der Waals surface area contributed by atoms with Gasteiger partial charge in [-0.15, -0.1) is 0 Å². The second-order valence-corrected chi connectivity index (χ2v) is 22.2. The fraction of sp³-hybridized carbons (Fsp3) is 0.672. The van der Waals surface area contributed by atoms with Gasteiger partial charge in [-0.1, -0.05) is 71.1 Å². The number of piperidine rings is 1. The molecule has 3 heterocycles. The fourth-order valence-electron chi connectivity index (χ4n) is 11.3. The number of benzene rings is 1. The molecule has 0 radical (unpaired) electrons. The van der Waals surface area contributed by atoms with Crippen LogP contribution in [0.25, 0.3) is 0 Å². The van der Waals surface area contributed by atoms with Crippen molar-refractivity contribution in [1.29, 1.82) is 0 Å². The van der Waals surface area contributed by atoms with Crippen LogP contribution in [0.1, 0.15) is 132 Å². The monoisotopic (exact) mass is 1080 g/mol. The van der Waals surface area contributed by atoms with E-state index in [2.05, 4.69) is 0 Å². The van der Waals surface area contributed by atoms with E-state index in [0.717, 1.165) is 12.0 Å². The van der Waals surface area contributed by atoms with Crippen molar-refractivity contribution in [2.45, 2.75) is 186 Å². The van der Waals surface area contributed by atoms with Crippen molar-refractivity contribution in [1.82, 2.24) is 4.90 Å². The average Bonchev–Trinajstić information content (AvgIpc) is 3.39. The number of allylic oxidation sites excluding steroid dienone is 6. The summed E-state index contributed by atoms with van der Waals surface area (Å²) in [4.78, 5) is 69.0. The zero-order valence-corrected chi connectivity index (χ0v) is 47.1. The van der Waals surface area contributed by atoms with E-state index in [1.807, 2.05) is 71.1 Å². The number of carbonyl (C=O) groups is 4. The Balaban J connectivity index is 1.39. The number of hydrogen-bond donors (Lipinski definition) is 2. The lowest BCUT2D eigenvalue weighted by Gasteiger charge is -2.42. The number of non-ortho nitro benzene ring substituents is 1. The summed E-state index contributed by atoms with van der Waals surface area (Å²) >= 11 is 5.41. The Bertz CT molecular complexity index is 2270. The lowest BCUT2D eigenvalue weighted by atomic mass is 9.78. The number of fused-ring (bicyclic) bond motifs is 3. The van der Waals surface area contributed by atoms with Crippen LogP contribution in [0.3, 0.4) is 0 Å². The van der Waals surface area contributed by atoms with Crippen LogP contribution in [0.4, 0.5) is 5.69 Å². The number of esters is 1. The molecule has 17 nitrogen and oxygen atoms in total. The molecule has 1 saturated carbocycles. The highest BCUT2D eigenvalue weighted by atomic mass is 32.1. The van der Waals surface area contributed by atoms with Crippen LogP contribution in [-0.4, -0.2) is 131 Å². The van der Waals surface area contributed by atoms with E-state index in [1.165, 1.54) is 36.3 Å². The van der Waals surface area contributed by atoms with Gasteiger partial charge in [0.2, 0.25) is 5.79 Å². The van der Waals surface area contributed by atoms with E-state index in [9.17, 15) is 39.5 Å². The first kappa shape index (κ1) is 62.2. The average molecular weight is 1080 g/mol. The summed E-state index contributed by atoms with van der Waals surface area (Å²) in [6.45, 7) is 13.4. The number of aliphatic hydroxyl groups excluding tert-OH is 1. The molecular weight excluding hydrogens is 997 g/mol. The van der Waals surface area contributed by atoms with Gasteiger partial charge in [0.05, 0.1) is 23.2 Å². The van der Waals surface area contributed by atoms with Crippen molar-refractivity contribution < 1.29 is 67.5 Å². The number of hydrogen-bond acceptors (Lipinski definition) is 16. The number of nitro groups is 1. The molecule has 76 heavy (non-hydrogen) atoms. The standard InChI is InChI=1S/C58H84N2O15S/c1-35-16-12-11-13-17-37(3)49(69-8)34-45-24-20-41(7)58(66,75-45)54(63)55(64)59-29-15-14-18-46(59)56(65)73-47(27-19-36(2)31-40(6)52(62)53(71-10)51(61)39(5)30-35)38(4)32-42-21-28-48(50(33-42)70-9)74-57(76)72-44-25-22-43(23-26-44)60(67)68/h11-13,16-17,22-23,25-26,31,35-36,38-39,41-42,45-50,52-53,62,66H,14-15,18-21,24,27-30,32-34H2,1-10H3/b13-11?,16-12+,37-17?,40-31+/t35-,36+,38-,39-,41-,42+,45+,46+,47+,48-,49+,50-,52-,53+,58-/m1/s1. The first-order chi connectivity index (χ1) is 36.1. The highest BCUT2D eigenvalue weighted by Crippen LogP contribution is 2.38. The third-order valence-electron chi connectivity index (χ3n) is 16.0. The number of nitro benzene ring substituents is 1. The van der Waals surface area contributed by atoms with Crippen molar-refractivity contribution in [3.63, 3.8) is 0 Å². The van der Waals surface area contributed by atoms with Crippen molar-refractivity contribution in [3.8, 4) is 5.75 Å². The molecule has 2 saturated heterocycles. The van der Waals surface area contributed by atoms with Crippen molar-refractivity contribution >= 4 is 46.6 Å². The summed E-state index contributed by atoms with van der Waals surface area (Å²) in [5.41, 5.74) is 1.38. The molecule has 1 aliphatic carbocycles. The van der Waals surface area contributed by atoms with Crippen LogP contribution in [0.15, 0.2) is 71.9 Å². The van der Waals surface area contributed by atoms with Gasteiger partial charge in [0.15, 0.2) is 5.78 Å².